The number of aryl methyl sites for hydroxylation is 1. The lowest BCUT2D eigenvalue weighted by atomic mass is 9.91. The van der Waals surface area contributed by atoms with Crippen molar-refractivity contribution in [2.75, 3.05) is 11.2 Å². The fraction of sp³-hybridized carbons (Fsp3) is 0.231. The van der Waals surface area contributed by atoms with Crippen molar-refractivity contribution in [1.82, 2.24) is 0 Å². The Morgan fingerprint density at radius 2 is 1.71 bits per heavy atom. The average molecular weight is 496 g/mol. The molecule has 1 aromatic heterocycles. The van der Waals surface area contributed by atoms with E-state index < -0.39 is 39.2 Å². The van der Waals surface area contributed by atoms with Gasteiger partial charge in [-0.05, 0) is 53.3 Å². The number of benzene rings is 2. The van der Waals surface area contributed by atoms with Crippen LogP contribution >= 0.6 is 11.3 Å². The van der Waals surface area contributed by atoms with Gasteiger partial charge in [0, 0.05) is 22.7 Å². The Hall–Kier alpha value is -3.23. The number of aliphatic hydroxyl groups excluding tert-OH is 1. The third-order valence-electron chi connectivity index (χ3n) is 5.82. The number of hydrogen-bond acceptors (Lipinski definition) is 6. The summed E-state index contributed by atoms with van der Waals surface area (Å²) in [4.78, 5) is 28.9. The molecule has 6 nitrogen and oxygen atoms in total. The molecule has 176 valence electrons. The number of aliphatic hydroxyl groups is 1. The van der Waals surface area contributed by atoms with Gasteiger partial charge in [0.1, 0.15) is 0 Å². The van der Waals surface area contributed by atoms with Crippen LogP contribution in [-0.4, -0.2) is 31.5 Å². The largest absolute Gasteiger partial charge is 0.503 e. The Labute approximate surface area is 203 Å². The Bertz CT molecular complexity index is 1420. The van der Waals surface area contributed by atoms with Crippen LogP contribution in [0.4, 0.5) is 5.69 Å². The lowest BCUT2D eigenvalue weighted by Crippen LogP contribution is -2.32. The molecule has 8 heteroatoms. The Morgan fingerprint density at radius 1 is 1.06 bits per heavy atom. The average Bonchev–Trinajstić information content (AvgIpc) is 3.34. The minimum Gasteiger partial charge on any atom is -0.503 e. The van der Waals surface area contributed by atoms with E-state index in [9.17, 15) is 23.1 Å². The van der Waals surface area contributed by atoms with Crippen LogP contribution in [0.15, 0.2) is 76.2 Å². The zero-order valence-corrected chi connectivity index (χ0v) is 20.9. The Morgan fingerprint density at radius 3 is 2.26 bits per heavy atom. The van der Waals surface area contributed by atoms with Crippen molar-refractivity contribution in [2.24, 2.45) is 5.92 Å². The van der Waals surface area contributed by atoms with Crippen LogP contribution in [0.25, 0.3) is 11.1 Å². The highest BCUT2D eigenvalue weighted by molar-refractivity contribution is 7.90. The summed E-state index contributed by atoms with van der Waals surface area (Å²) in [6.07, 6.45) is 1.08. The first-order chi connectivity index (χ1) is 16.0. The highest BCUT2D eigenvalue weighted by Gasteiger charge is 2.46. The van der Waals surface area contributed by atoms with Gasteiger partial charge in [0.05, 0.1) is 16.5 Å². The van der Waals surface area contributed by atoms with Crippen LogP contribution < -0.4 is 4.90 Å². The van der Waals surface area contributed by atoms with E-state index in [1.165, 1.54) is 15.8 Å². The van der Waals surface area contributed by atoms with Crippen molar-refractivity contribution in [1.29, 1.82) is 0 Å². The molecular weight excluding hydrogens is 470 g/mol. The third-order valence-corrected chi connectivity index (χ3v) is 7.85. The van der Waals surface area contributed by atoms with Crippen molar-refractivity contribution in [2.45, 2.75) is 31.7 Å². The summed E-state index contributed by atoms with van der Waals surface area (Å²) in [5.41, 5.74) is 2.64. The van der Waals surface area contributed by atoms with Crippen LogP contribution in [0.2, 0.25) is 0 Å². The van der Waals surface area contributed by atoms with Crippen molar-refractivity contribution in [3.8, 4) is 11.1 Å². The second-order valence-corrected chi connectivity index (χ2v) is 11.8. The number of Topliss-reactive ketones (excluding diaryl/α,β-unsaturated/α-hetero) is 1. The zero-order chi connectivity index (χ0) is 24.8. The van der Waals surface area contributed by atoms with E-state index in [2.05, 4.69) is 6.07 Å². The summed E-state index contributed by atoms with van der Waals surface area (Å²) in [6.45, 7) is 5.37. The van der Waals surface area contributed by atoms with E-state index in [-0.39, 0.29) is 16.0 Å². The maximum Gasteiger partial charge on any atom is 0.294 e. The normalized spacial score (nSPS) is 16.6. The molecule has 1 amide bonds. The number of carbonyl (C=O) groups excluding carboxylic acids is 2. The van der Waals surface area contributed by atoms with Gasteiger partial charge in [0.2, 0.25) is 0 Å². The topological polar surface area (TPSA) is 91.8 Å². The van der Waals surface area contributed by atoms with Gasteiger partial charge in [-0.25, -0.2) is 8.42 Å². The number of thiophene rings is 1. The first kappa shape index (κ1) is 23.9. The van der Waals surface area contributed by atoms with Crippen molar-refractivity contribution >= 4 is 38.6 Å². The Balaban J connectivity index is 1.89. The number of carbonyl (C=O) groups is 2. The quantitative estimate of drug-likeness (QED) is 0.504. The Kier molecular flexibility index (Phi) is 6.22. The van der Waals surface area contributed by atoms with Gasteiger partial charge in [-0.2, -0.15) is 0 Å². The number of amides is 1. The molecule has 3 aromatic rings. The summed E-state index contributed by atoms with van der Waals surface area (Å²) in [7, 11) is -3.67. The van der Waals surface area contributed by atoms with E-state index in [0.717, 1.165) is 17.4 Å². The van der Waals surface area contributed by atoms with E-state index >= 15 is 0 Å². The molecule has 0 spiro atoms. The molecule has 1 N–H and O–H groups in total. The van der Waals surface area contributed by atoms with Crippen LogP contribution in [0.1, 0.15) is 30.3 Å². The SMILES string of the molecule is Cc1cc(-c2ccc(N3C(=O)C(O)=C(C(=O)C(C)C)C3c3ccccc3S(C)(=O)=O)cc2)cs1. The van der Waals surface area contributed by atoms with E-state index in [4.69, 9.17) is 0 Å². The summed E-state index contributed by atoms with van der Waals surface area (Å²) in [5, 5.41) is 12.8. The molecule has 34 heavy (non-hydrogen) atoms. The van der Waals surface area contributed by atoms with Gasteiger partial charge in [-0.1, -0.05) is 44.2 Å². The minimum absolute atomic E-state index is 0.00641. The molecule has 0 aliphatic carbocycles. The summed E-state index contributed by atoms with van der Waals surface area (Å²) >= 11 is 1.64. The number of sulfone groups is 1. The third kappa shape index (κ3) is 4.19. The first-order valence-corrected chi connectivity index (χ1v) is 13.5. The van der Waals surface area contributed by atoms with Crippen LogP contribution in [0.3, 0.4) is 0 Å². The minimum atomic E-state index is -3.67. The maximum atomic E-state index is 13.3. The smallest absolute Gasteiger partial charge is 0.294 e. The van der Waals surface area contributed by atoms with Gasteiger partial charge in [-0.15, -0.1) is 11.3 Å². The van der Waals surface area contributed by atoms with Gasteiger partial charge in [0.15, 0.2) is 21.4 Å². The number of ketones is 1. The second-order valence-electron chi connectivity index (χ2n) is 8.66. The van der Waals surface area contributed by atoms with E-state index in [1.54, 1.807) is 55.5 Å². The molecule has 0 saturated heterocycles. The fourth-order valence-electron chi connectivity index (χ4n) is 4.18. The molecule has 0 fully saturated rings. The number of hydrogen-bond donors (Lipinski definition) is 1. The van der Waals surface area contributed by atoms with Crippen LogP contribution in [-0.2, 0) is 19.4 Å². The fourth-order valence-corrected chi connectivity index (χ4v) is 5.83. The highest BCUT2D eigenvalue weighted by atomic mass is 32.2. The predicted molar refractivity (Wildman–Crippen MR) is 134 cm³/mol. The molecule has 4 rings (SSSR count). The molecule has 1 aliphatic rings. The van der Waals surface area contributed by atoms with Gasteiger partial charge >= 0.3 is 0 Å². The lowest BCUT2D eigenvalue weighted by molar-refractivity contribution is -0.119. The zero-order valence-electron chi connectivity index (χ0n) is 19.3. The van der Waals surface area contributed by atoms with Gasteiger partial charge < -0.3 is 5.11 Å². The number of rotatable bonds is 6. The lowest BCUT2D eigenvalue weighted by Gasteiger charge is -2.28. The van der Waals surface area contributed by atoms with Gasteiger partial charge in [-0.3, -0.25) is 14.5 Å². The van der Waals surface area contributed by atoms with Crippen molar-refractivity contribution < 1.29 is 23.1 Å². The van der Waals surface area contributed by atoms with Crippen molar-refractivity contribution in [3.05, 3.63) is 81.8 Å². The molecule has 0 saturated carbocycles. The first-order valence-electron chi connectivity index (χ1n) is 10.8. The van der Waals surface area contributed by atoms with Gasteiger partial charge in [0.25, 0.3) is 5.91 Å². The van der Waals surface area contributed by atoms with E-state index in [1.807, 2.05) is 24.4 Å². The summed E-state index contributed by atoms with van der Waals surface area (Å²) < 4.78 is 25.1. The molecule has 1 aliphatic heterocycles. The maximum absolute atomic E-state index is 13.3. The molecule has 2 heterocycles. The summed E-state index contributed by atoms with van der Waals surface area (Å²) in [5.74, 6) is -2.30. The summed E-state index contributed by atoms with van der Waals surface area (Å²) in [6, 6.07) is 14.5. The number of anilines is 1. The molecule has 0 bridgehead atoms. The standard InChI is InChI=1S/C26H25NO5S2/c1-15(2)24(28)22-23(20-7-5-6-8-21(20)34(4,31)32)27(26(30)25(22)29)19-11-9-17(10-12-19)18-13-16(3)33-14-18/h5-15,23,29H,1-4H3. The second kappa shape index (κ2) is 8.85. The molecule has 2 aromatic carbocycles. The van der Waals surface area contributed by atoms with Crippen molar-refractivity contribution in [3.63, 3.8) is 0 Å². The monoisotopic (exact) mass is 495 g/mol. The molecule has 1 unspecified atom stereocenters. The number of nitrogens with zero attached hydrogens (tertiary/aromatic N) is 1. The van der Waals surface area contributed by atoms with Crippen LogP contribution in [0, 0.1) is 12.8 Å². The molecule has 1 atom stereocenters. The molecular formula is C26H25NO5S2. The highest BCUT2D eigenvalue weighted by Crippen LogP contribution is 2.44. The molecule has 0 radical (unpaired) electrons. The van der Waals surface area contributed by atoms with E-state index in [0.29, 0.717) is 5.69 Å². The van der Waals surface area contributed by atoms with Crippen LogP contribution in [0.5, 0.6) is 0 Å². The predicted octanol–water partition coefficient (Wildman–Crippen LogP) is 5.25.